The summed E-state index contributed by atoms with van der Waals surface area (Å²) in [4.78, 5) is 7.59. The number of rotatable bonds is 1. The Morgan fingerprint density at radius 3 is 2.78 bits per heavy atom. The fourth-order valence-electron chi connectivity index (χ4n) is 1.92. The summed E-state index contributed by atoms with van der Waals surface area (Å²) in [5.74, 6) is 0.475. The predicted octanol–water partition coefficient (Wildman–Crippen LogP) is 4.44. The van der Waals surface area contributed by atoms with Crippen LogP contribution >= 0.6 is 15.9 Å². The minimum absolute atomic E-state index is 0.263. The van der Waals surface area contributed by atoms with E-state index in [4.69, 9.17) is 0 Å². The first-order chi connectivity index (χ1) is 8.63. The Kier molecular flexibility index (Phi) is 2.67. The van der Waals surface area contributed by atoms with Crippen molar-refractivity contribution in [3.8, 4) is 11.4 Å². The van der Waals surface area contributed by atoms with E-state index < -0.39 is 0 Å². The van der Waals surface area contributed by atoms with Gasteiger partial charge in [-0.3, -0.25) is 0 Å². The molecule has 0 atom stereocenters. The fraction of sp³-hybridized carbons (Fsp3) is 0.0714. The van der Waals surface area contributed by atoms with Crippen LogP contribution in [0.1, 0.15) is 5.56 Å². The van der Waals surface area contributed by atoms with Crippen LogP contribution < -0.4 is 0 Å². The van der Waals surface area contributed by atoms with Crippen LogP contribution in [0.4, 0.5) is 4.39 Å². The molecule has 2 nitrogen and oxygen atoms in total. The lowest BCUT2D eigenvalue weighted by atomic mass is 10.1. The minimum Gasteiger partial charge on any atom is -0.338 e. The number of hydrogen-bond donors (Lipinski definition) is 1. The highest BCUT2D eigenvalue weighted by Crippen LogP contribution is 2.28. The number of nitrogens with zero attached hydrogens (tertiary/aromatic N) is 1. The van der Waals surface area contributed by atoms with E-state index in [9.17, 15) is 4.39 Å². The van der Waals surface area contributed by atoms with Gasteiger partial charge in [-0.1, -0.05) is 22.0 Å². The number of hydrogen-bond acceptors (Lipinski definition) is 1. The Morgan fingerprint density at radius 1 is 1.17 bits per heavy atom. The van der Waals surface area contributed by atoms with Gasteiger partial charge in [0.05, 0.1) is 11.0 Å². The molecule has 0 saturated carbocycles. The zero-order valence-corrected chi connectivity index (χ0v) is 11.3. The average molecular weight is 305 g/mol. The number of aromatic amines is 1. The lowest BCUT2D eigenvalue weighted by molar-refractivity contribution is 0.629. The molecule has 0 aliphatic carbocycles. The smallest absolute Gasteiger partial charge is 0.139 e. The molecule has 0 spiro atoms. The van der Waals surface area contributed by atoms with Crippen molar-refractivity contribution < 1.29 is 4.39 Å². The highest BCUT2D eigenvalue weighted by atomic mass is 79.9. The SMILES string of the molecule is Cc1ccc(-c2nc3ccc(F)cc3[nH]2)c(Br)c1. The van der Waals surface area contributed by atoms with Crippen LogP contribution in [-0.4, -0.2) is 9.97 Å². The Balaban J connectivity index is 2.19. The minimum atomic E-state index is -0.263. The van der Waals surface area contributed by atoms with Gasteiger partial charge in [0.1, 0.15) is 11.6 Å². The fourth-order valence-corrected chi connectivity index (χ4v) is 2.60. The van der Waals surface area contributed by atoms with Gasteiger partial charge in [-0.15, -0.1) is 0 Å². The van der Waals surface area contributed by atoms with E-state index >= 15 is 0 Å². The molecule has 0 bridgehead atoms. The molecule has 1 aromatic heterocycles. The highest BCUT2D eigenvalue weighted by molar-refractivity contribution is 9.10. The lowest BCUT2D eigenvalue weighted by Gasteiger charge is -2.01. The number of H-pyrrole nitrogens is 1. The summed E-state index contributed by atoms with van der Waals surface area (Å²) >= 11 is 3.52. The Labute approximate surface area is 112 Å². The summed E-state index contributed by atoms with van der Waals surface area (Å²) in [6.07, 6.45) is 0. The van der Waals surface area contributed by atoms with Crippen LogP contribution in [0.5, 0.6) is 0 Å². The van der Waals surface area contributed by atoms with Crippen molar-refractivity contribution in [2.75, 3.05) is 0 Å². The highest BCUT2D eigenvalue weighted by Gasteiger charge is 2.09. The molecule has 2 aromatic carbocycles. The normalized spacial score (nSPS) is 11.1. The number of halogens is 2. The van der Waals surface area contributed by atoms with Gasteiger partial charge in [0, 0.05) is 10.0 Å². The number of imidazole rings is 1. The van der Waals surface area contributed by atoms with Gasteiger partial charge in [0.2, 0.25) is 0 Å². The van der Waals surface area contributed by atoms with Crippen LogP contribution in [0.15, 0.2) is 40.9 Å². The summed E-state index contributed by atoms with van der Waals surface area (Å²) in [6, 6.07) is 10.6. The van der Waals surface area contributed by atoms with Crippen LogP contribution in [0.25, 0.3) is 22.4 Å². The Bertz CT molecular complexity index is 734. The van der Waals surface area contributed by atoms with E-state index in [-0.39, 0.29) is 5.82 Å². The number of fused-ring (bicyclic) bond motifs is 1. The number of aromatic nitrogens is 2. The first-order valence-corrected chi connectivity index (χ1v) is 6.34. The van der Waals surface area contributed by atoms with Crippen LogP contribution in [0.3, 0.4) is 0 Å². The molecule has 0 aliphatic heterocycles. The summed E-state index contributed by atoms with van der Waals surface area (Å²) in [7, 11) is 0. The van der Waals surface area contributed by atoms with Gasteiger partial charge in [0.25, 0.3) is 0 Å². The zero-order chi connectivity index (χ0) is 12.7. The molecule has 4 heteroatoms. The molecule has 1 N–H and O–H groups in total. The third kappa shape index (κ3) is 1.93. The maximum atomic E-state index is 13.1. The number of nitrogens with one attached hydrogen (secondary N) is 1. The Hall–Kier alpha value is -1.68. The molecule has 1 heterocycles. The molecule has 3 rings (SSSR count). The molecule has 0 radical (unpaired) electrons. The lowest BCUT2D eigenvalue weighted by Crippen LogP contribution is -1.83. The van der Waals surface area contributed by atoms with E-state index in [1.165, 1.54) is 17.7 Å². The predicted molar refractivity (Wildman–Crippen MR) is 73.9 cm³/mol. The van der Waals surface area contributed by atoms with Crippen LogP contribution in [0, 0.1) is 12.7 Å². The van der Waals surface area contributed by atoms with Crippen molar-refractivity contribution in [3.63, 3.8) is 0 Å². The number of aryl methyl sites for hydroxylation is 1. The van der Waals surface area contributed by atoms with E-state index in [1.54, 1.807) is 6.07 Å². The van der Waals surface area contributed by atoms with Gasteiger partial charge in [-0.2, -0.15) is 0 Å². The second-order valence-corrected chi connectivity index (χ2v) is 5.08. The van der Waals surface area contributed by atoms with Gasteiger partial charge < -0.3 is 4.98 Å². The summed E-state index contributed by atoms with van der Waals surface area (Å²) in [5, 5.41) is 0. The molecule has 0 unspecified atom stereocenters. The Morgan fingerprint density at radius 2 is 2.00 bits per heavy atom. The van der Waals surface area contributed by atoms with E-state index in [0.717, 1.165) is 21.4 Å². The third-order valence-electron chi connectivity index (χ3n) is 2.82. The van der Waals surface area contributed by atoms with E-state index in [0.29, 0.717) is 5.52 Å². The van der Waals surface area contributed by atoms with Crippen LogP contribution in [-0.2, 0) is 0 Å². The second kappa shape index (κ2) is 4.21. The van der Waals surface area contributed by atoms with E-state index in [2.05, 4.69) is 25.9 Å². The maximum Gasteiger partial charge on any atom is 0.139 e. The first-order valence-electron chi connectivity index (χ1n) is 5.55. The van der Waals surface area contributed by atoms with Gasteiger partial charge >= 0.3 is 0 Å². The average Bonchev–Trinajstić information content (AvgIpc) is 2.71. The molecule has 90 valence electrons. The standard InChI is InChI=1S/C14H10BrFN2/c1-8-2-4-10(11(15)6-8)14-17-12-5-3-9(16)7-13(12)18-14/h2-7H,1H3,(H,17,18). The third-order valence-corrected chi connectivity index (χ3v) is 3.48. The van der Waals surface area contributed by atoms with E-state index in [1.807, 2.05) is 25.1 Å². The molecular formula is C14H10BrFN2. The summed E-state index contributed by atoms with van der Waals surface area (Å²) in [5.41, 5.74) is 3.61. The van der Waals surface area contributed by atoms with Crippen molar-refractivity contribution in [2.45, 2.75) is 6.92 Å². The molecule has 0 amide bonds. The quantitative estimate of drug-likeness (QED) is 0.707. The van der Waals surface area contributed by atoms with Crippen molar-refractivity contribution >= 4 is 27.0 Å². The largest absolute Gasteiger partial charge is 0.338 e. The molecule has 3 aromatic rings. The number of benzene rings is 2. The van der Waals surface area contributed by atoms with Crippen molar-refractivity contribution in [2.24, 2.45) is 0 Å². The molecule has 0 aliphatic rings. The summed E-state index contributed by atoms with van der Waals surface area (Å²) in [6.45, 7) is 2.03. The summed E-state index contributed by atoms with van der Waals surface area (Å²) < 4.78 is 14.1. The molecule has 18 heavy (non-hydrogen) atoms. The molecule has 0 fully saturated rings. The topological polar surface area (TPSA) is 28.7 Å². The maximum absolute atomic E-state index is 13.1. The first kappa shape index (κ1) is 11.4. The molecule has 0 saturated heterocycles. The van der Waals surface area contributed by atoms with Gasteiger partial charge in [-0.05, 0) is 42.8 Å². The second-order valence-electron chi connectivity index (χ2n) is 4.23. The molecular weight excluding hydrogens is 295 g/mol. The zero-order valence-electron chi connectivity index (χ0n) is 9.67. The van der Waals surface area contributed by atoms with Gasteiger partial charge in [-0.25, -0.2) is 9.37 Å². The van der Waals surface area contributed by atoms with Crippen molar-refractivity contribution in [1.82, 2.24) is 9.97 Å². The van der Waals surface area contributed by atoms with Gasteiger partial charge in [0.15, 0.2) is 0 Å². The van der Waals surface area contributed by atoms with Crippen molar-refractivity contribution in [1.29, 1.82) is 0 Å². The monoisotopic (exact) mass is 304 g/mol. The van der Waals surface area contributed by atoms with Crippen molar-refractivity contribution in [3.05, 3.63) is 52.3 Å². The van der Waals surface area contributed by atoms with Crippen LogP contribution in [0.2, 0.25) is 0 Å².